The highest BCUT2D eigenvalue weighted by Gasteiger charge is 2.43. The molecule has 4 N–H and O–H groups in total. The number of aliphatic hydroxyl groups is 1. The Kier molecular flexibility index (Phi) is 10.3. The van der Waals surface area contributed by atoms with Crippen LogP contribution in [0.1, 0.15) is 26.3 Å². The molecule has 1 unspecified atom stereocenters. The molecule has 15 heteroatoms. The SMILES string of the molecule is Bc1ccc(NC(=O)c2cc(NC(=O)c3cc(CNC(=O)C(O)C(F)(F)F)ccc3Cl)ccc2OCC(F)F)cc1. The summed E-state index contributed by atoms with van der Waals surface area (Å²) in [5.41, 5.74) is 1.34. The van der Waals surface area contributed by atoms with Gasteiger partial charge in [-0.15, -0.1) is 0 Å². The van der Waals surface area contributed by atoms with E-state index >= 15 is 0 Å². The van der Waals surface area contributed by atoms with Crippen molar-refractivity contribution in [1.82, 2.24) is 5.32 Å². The quantitative estimate of drug-likeness (QED) is 0.212. The number of aliphatic hydroxyl groups excluding tert-OH is 1. The number of amides is 3. The largest absolute Gasteiger partial charge is 0.487 e. The summed E-state index contributed by atoms with van der Waals surface area (Å²) in [5.74, 6) is -3.33. The third-order valence-corrected chi connectivity index (χ3v) is 5.79. The summed E-state index contributed by atoms with van der Waals surface area (Å²) >= 11 is 6.12. The van der Waals surface area contributed by atoms with Gasteiger partial charge in [0.2, 0.25) is 6.10 Å². The Morgan fingerprint density at radius 2 is 1.51 bits per heavy atom. The fourth-order valence-electron chi connectivity index (χ4n) is 3.39. The van der Waals surface area contributed by atoms with Crippen molar-refractivity contribution in [3.8, 4) is 5.75 Å². The van der Waals surface area contributed by atoms with Gasteiger partial charge in [0, 0.05) is 17.9 Å². The molecule has 3 rings (SSSR count). The summed E-state index contributed by atoms with van der Waals surface area (Å²) in [6.07, 6.45) is -11.2. The number of ether oxygens (including phenoxy) is 1. The number of nitrogens with one attached hydrogen (secondary N) is 3. The van der Waals surface area contributed by atoms with Crippen LogP contribution in [-0.4, -0.2) is 56.0 Å². The van der Waals surface area contributed by atoms with Crippen LogP contribution in [-0.2, 0) is 11.3 Å². The Morgan fingerprint density at radius 3 is 2.15 bits per heavy atom. The van der Waals surface area contributed by atoms with Crippen molar-refractivity contribution in [2.45, 2.75) is 25.3 Å². The van der Waals surface area contributed by atoms with Crippen molar-refractivity contribution in [3.63, 3.8) is 0 Å². The predicted octanol–water partition coefficient (Wildman–Crippen LogP) is 3.29. The molecule has 0 aromatic heterocycles. The molecule has 3 aromatic carbocycles. The number of carbonyl (C=O) groups excluding carboxylic acids is 3. The van der Waals surface area contributed by atoms with Crippen LogP contribution < -0.4 is 26.2 Å². The van der Waals surface area contributed by atoms with Crippen LogP contribution in [0.4, 0.5) is 33.3 Å². The van der Waals surface area contributed by atoms with E-state index in [9.17, 15) is 36.3 Å². The van der Waals surface area contributed by atoms with Gasteiger partial charge in [-0.1, -0.05) is 35.3 Å². The number of hydrogen-bond acceptors (Lipinski definition) is 5. The Hall–Kier alpha value is -4.17. The van der Waals surface area contributed by atoms with Crippen molar-refractivity contribution in [2.75, 3.05) is 17.2 Å². The molecular formula is C26H22BClF5N3O5. The second kappa shape index (κ2) is 13.5. The molecule has 0 heterocycles. The minimum atomic E-state index is -5.15. The fraction of sp³-hybridized carbons (Fsp3) is 0.192. The highest BCUT2D eigenvalue weighted by molar-refractivity contribution is 6.34. The van der Waals surface area contributed by atoms with E-state index in [1.807, 2.05) is 13.2 Å². The maximum Gasteiger partial charge on any atom is 0.423 e. The molecule has 3 amide bonds. The first-order chi connectivity index (χ1) is 19.2. The topological polar surface area (TPSA) is 117 Å². The highest BCUT2D eigenvalue weighted by atomic mass is 35.5. The van der Waals surface area contributed by atoms with E-state index in [-0.39, 0.29) is 33.1 Å². The lowest BCUT2D eigenvalue weighted by molar-refractivity contribution is -0.205. The molecule has 3 aromatic rings. The highest BCUT2D eigenvalue weighted by Crippen LogP contribution is 2.26. The van der Waals surface area contributed by atoms with Gasteiger partial charge in [0.05, 0.1) is 16.1 Å². The normalized spacial score (nSPS) is 12.0. The summed E-state index contributed by atoms with van der Waals surface area (Å²) in [4.78, 5) is 37.5. The van der Waals surface area contributed by atoms with E-state index in [1.165, 1.54) is 36.4 Å². The van der Waals surface area contributed by atoms with Crippen molar-refractivity contribution >= 4 is 54.0 Å². The summed E-state index contributed by atoms with van der Waals surface area (Å²) in [6, 6.07) is 14.4. The van der Waals surface area contributed by atoms with Crippen LogP contribution in [0.2, 0.25) is 5.02 Å². The van der Waals surface area contributed by atoms with Gasteiger partial charge in [-0.2, -0.15) is 13.2 Å². The van der Waals surface area contributed by atoms with E-state index in [2.05, 4.69) is 10.6 Å². The van der Waals surface area contributed by atoms with E-state index in [4.69, 9.17) is 21.4 Å². The third kappa shape index (κ3) is 8.92. The first-order valence-electron chi connectivity index (χ1n) is 11.8. The lowest BCUT2D eigenvalue weighted by Gasteiger charge is -2.15. The molecule has 0 bridgehead atoms. The van der Waals surface area contributed by atoms with Crippen LogP contribution >= 0.6 is 11.6 Å². The van der Waals surface area contributed by atoms with Gasteiger partial charge in [-0.25, -0.2) is 8.78 Å². The number of hydrogen-bond donors (Lipinski definition) is 4. The first kappa shape index (κ1) is 31.4. The summed E-state index contributed by atoms with van der Waals surface area (Å²) in [6.45, 7) is -1.43. The minimum Gasteiger partial charge on any atom is -0.487 e. The average Bonchev–Trinajstić information content (AvgIpc) is 2.91. The molecule has 0 fully saturated rings. The van der Waals surface area contributed by atoms with Gasteiger partial charge in [0.25, 0.3) is 24.1 Å². The minimum absolute atomic E-state index is 0.0397. The third-order valence-electron chi connectivity index (χ3n) is 5.46. The number of anilines is 2. The zero-order chi connectivity index (χ0) is 30.3. The first-order valence-corrected chi connectivity index (χ1v) is 12.2. The van der Waals surface area contributed by atoms with Crippen molar-refractivity contribution in [1.29, 1.82) is 0 Å². The molecule has 1 atom stereocenters. The molecule has 0 saturated carbocycles. The maximum absolute atomic E-state index is 13.0. The van der Waals surface area contributed by atoms with Gasteiger partial charge in [-0.3, -0.25) is 14.4 Å². The Bertz CT molecular complexity index is 1420. The predicted molar refractivity (Wildman–Crippen MR) is 144 cm³/mol. The zero-order valence-corrected chi connectivity index (χ0v) is 21.9. The molecule has 0 saturated heterocycles. The van der Waals surface area contributed by atoms with Gasteiger partial charge < -0.3 is 25.8 Å². The van der Waals surface area contributed by atoms with Gasteiger partial charge in [0.1, 0.15) is 20.2 Å². The van der Waals surface area contributed by atoms with Crippen molar-refractivity contribution in [2.24, 2.45) is 0 Å². The van der Waals surface area contributed by atoms with E-state index in [0.29, 0.717) is 5.69 Å². The second-order valence-corrected chi connectivity index (χ2v) is 9.07. The standard InChI is InChI=1S/C26H22BClF5N3O5/c27-14-2-4-15(5-3-14)35-24(39)18-10-16(6-8-20(18)41-12-21(29)30)36-23(38)17-9-13(1-7-19(17)28)11-34-25(40)22(37)26(31,32)33/h1-10,21-22,37H,11-12,27H2,(H,34,40)(H,35,39)(H,36,38). The van der Waals surface area contributed by atoms with E-state index in [0.717, 1.165) is 5.46 Å². The Balaban J connectivity index is 1.80. The van der Waals surface area contributed by atoms with Crippen LogP contribution in [0.25, 0.3) is 0 Å². The van der Waals surface area contributed by atoms with Crippen molar-refractivity contribution < 1.29 is 46.2 Å². The van der Waals surface area contributed by atoms with Gasteiger partial charge in [0.15, 0.2) is 0 Å². The maximum atomic E-state index is 13.0. The molecule has 0 spiro atoms. The van der Waals surface area contributed by atoms with Crippen LogP contribution in [0.5, 0.6) is 5.75 Å². The number of alkyl halides is 5. The van der Waals surface area contributed by atoms with Crippen LogP contribution in [0, 0.1) is 0 Å². The van der Waals surface area contributed by atoms with E-state index < -0.39 is 49.6 Å². The molecule has 216 valence electrons. The smallest absolute Gasteiger partial charge is 0.423 e. The summed E-state index contributed by atoms with van der Waals surface area (Å²) in [5, 5.41) is 16.0. The van der Waals surface area contributed by atoms with E-state index in [1.54, 1.807) is 24.3 Å². The molecule has 0 radical (unpaired) electrons. The molecule has 0 aliphatic carbocycles. The summed E-state index contributed by atoms with van der Waals surface area (Å²) < 4.78 is 68.1. The van der Waals surface area contributed by atoms with Gasteiger partial charge >= 0.3 is 6.18 Å². The fourth-order valence-corrected chi connectivity index (χ4v) is 3.59. The number of benzene rings is 3. The molecular weight excluding hydrogens is 576 g/mol. The van der Waals surface area contributed by atoms with Crippen LogP contribution in [0.3, 0.4) is 0 Å². The molecule has 0 aliphatic rings. The molecule has 41 heavy (non-hydrogen) atoms. The van der Waals surface area contributed by atoms with Gasteiger partial charge in [-0.05, 0) is 48.0 Å². The lowest BCUT2D eigenvalue weighted by atomic mass is 9.96. The number of rotatable bonds is 10. The average molecular weight is 598 g/mol. The molecule has 8 nitrogen and oxygen atoms in total. The zero-order valence-electron chi connectivity index (χ0n) is 21.2. The second-order valence-electron chi connectivity index (χ2n) is 8.66. The van der Waals surface area contributed by atoms with Crippen LogP contribution in [0.15, 0.2) is 60.7 Å². The molecule has 0 aliphatic heterocycles. The van der Waals surface area contributed by atoms with Crippen molar-refractivity contribution in [3.05, 3.63) is 82.4 Å². The summed E-state index contributed by atoms with van der Waals surface area (Å²) in [7, 11) is 1.85. The number of halogens is 6. The Labute approximate surface area is 236 Å². The Morgan fingerprint density at radius 1 is 0.902 bits per heavy atom. The lowest BCUT2D eigenvalue weighted by Crippen LogP contribution is -2.43. The monoisotopic (exact) mass is 597 g/mol. The number of carbonyl (C=O) groups is 3.